The highest BCUT2D eigenvalue weighted by molar-refractivity contribution is 6.30. The van der Waals surface area contributed by atoms with Crippen molar-refractivity contribution in [2.45, 2.75) is 6.10 Å². The number of pyridine rings is 1. The molecule has 1 N–H and O–H groups in total. The number of hydrogen-bond acceptors (Lipinski definition) is 5. The number of hydrogen-bond donors (Lipinski definition) is 1. The fraction of sp³-hybridized carbons (Fsp3) is 0.0455. The summed E-state index contributed by atoms with van der Waals surface area (Å²) in [6, 6.07) is 12.8. The van der Waals surface area contributed by atoms with Gasteiger partial charge in [0.1, 0.15) is 23.4 Å². The molecule has 4 rings (SSSR count). The van der Waals surface area contributed by atoms with Crippen LogP contribution < -0.4 is 0 Å². The van der Waals surface area contributed by atoms with Crippen molar-refractivity contribution in [2.24, 2.45) is 0 Å². The zero-order chi connectivity index (χ0) is 21.3. The molecule has 8 heteroatoms. The maximum Gasteiger partial charge on any atom is 0.176 e. The van der Waals surface area contributed by atoms with Crippen molar-refractivity contribution in [3.05, 3.63) is 94.3 Å². The average molecular weight is 424 g/mol. The Bertz CT molecular complexity index is 1270. The predicted octanol–water partition coefficient (Wildman–Crippen LogP) is 5.29. The van der Waals surface area contributed by atoms with Crippen LogP contribution in [-0.2, 0) is 0 Å². The van der Waals surface area contributed by atoms with Crippen LogP contribution in [0.1, 0.15) is 22.8 Å². The average Bonchev–Trinajstić information content (AvgIpc) is 3.18. The van der Waals surface area contributed by atoms with Gasteiger partial charge in [-0.2, -0.15) is 5.26 Å². The molecule has 0 saturated heterocycles. The quantitative estimate of drug-likeness (QED) is 0.482. The van der Waals surface area contributed by atoms with E-state index in [9.17, 15) is 13.9 Å². The van der Waals surface area contributed by atoms with Crippen LogP contribution in [0.15, 0.2) is 65.4 Å². The lowest BCUT2D eigenvalue weighted by atomic mass is 9.94. The summed E-state index contributed by atoms with van der Waals surface area (Å²) in [6.45, 7) is 0. The summed E-state index contributed by atoms with van der Waals surface area (Å²) in [7, 11) is 0. The molecule has 0 amide bonds. The molecule has 0 aliphatic carbocycles. The van der Waals surface area contributed by atoms with Crippen LogP contribution in [0.4, 0.5) is 8.78 Å². The van der Waals surface area contributed by atoms with Gasteiger partial charge in [0.2, 0.25) is 0 Å². The third kappa shape index (κ3) is 3.54. The second-order valence-electron chi connectivity index (χ2n) is 6.39. The molecule has 2 aromatic carbocycles. The van der Waals surface area contributed by atoms with E-state index in [2.05, 4.69) is 10.1 Å². The molecule has 2 heterocycles. The normalized spacial score (nSPS) is 11.8. The summed E-state index contributed by atoms with van der Waals surface area (Å²) in [5.74, 6) is -1.51. The van der Waals surface area contributed by atoms with E-state index in [0.717, 1.165) is 12.1 Å². The number of rotatable bonds is 4. The Kier molecular flexibility index (Phi) is 5.27. The predicted molar refractivity (Wildman–Crippen MR) is 105 cm³/mol. The molecule has 0 spiro atoms. The SMILES string of the molecule is N#Cc1ccc(-c2onc(-c3ccc(Cl)cc3F)c2C(O)c2cccnc2)c(F)c1. The Hall–Kier alpha value is -3.60. The number of halogens is 3. The van der Waals surface area contributed by atoms with E-state index < -0.39 is 17.7 Å². The van der Waals surface area contributed by atoms with Crippen molar-refractivity contribution in [3.8, 4) is 28.7 Å². The molecular weight excluding hydrogens is 412 g/mol. The first-order valence-corrected chi connectivity index (χ1v) is 9.10. The molecule has 30 heavy (non-hydrogen) atoms. The second-order valence-corrected chi connectivity index (χ2v) is 6.83. The minimum absolute atomic E-state index is 0.000667. The van der Waals surface area contributed by atoms with E-state index >= 15 is 0 Å². The first kappa shape index (κ1) is 19.7. The Labute approximate surface area is 174 Å². The Balaban J connectivity index is 1.96. The van der Waals surface area contributed by atoms with E-state index in [-0.39, 0.29) is 38.7 Å². The summed E-state index contributed by atoms with van der Waals surface area (Å²) in [5, 5.41) is 24.1. The zero-order valence-corrected chi connectivity index (χ0v) is 15.9. The van der Waals surface area contributed by atoms with Crippen molar-refractivity contribution < 1.29 is 18.4 Å². The molecule has 0 aliphatic rings. The smallest absolute Gasteiger partial charge is 0.176 e. The number of aliphatic hydroxyl groups excluding tert-OH is 1. The highest BCUT2D eigenvalue weighted by Crippen LogP contribution is 2.40. The maximum absolute atomic E-state index is 14.7. The number of nitriles is 1. The maximum atomic E-state index is 14.7. The minimum Gasteiger partial charge on any atom is -0.383 e. The topological polar surface area (TPSA) is 82.9 Å². The van der Waals surface area contributed by atoms with Crippen molar-refractivity contribution in [1.82, 2.24) is 10.1 Å². The van der Waals surface area contributed by atoms with Crippen LogP contribution in [0, 0.1) is 23.0 Å². The van der Waals surface area contributed by atoms with Gasteiger partial charge >= 0.3 is 0 Å². The molecule has 148 valence electrons. The van der Waals surface area contributed by atoms with E-state index in [1.54, 1.807) is 12.1 Å². The van der Waals surface area contributed by atoms with E-state index in [1.165, 1.54) is 36.7 Å². The van der Waals surface area contributed by atoms with Gasteiger partial charge in [0.25, 0.3) is 0 Å². The molecular formula is C22H12ClF2N3O2. The second kappa shape index (κ2) is 8.03. The van der Waals surface area contributed by atoms with Gasteiger partial charge in [0, 0.05) is 28.5 Å². The summed E-state index contributed by atoms with van der Waals surface area (Å²) >= 11 is 5.84. The largest absolute Gasteiger partial charge is 0.383 e. The van der Waals surface area contributed by atoms with Crippen molar-refractivity contribution in [2.75, 3.05) is 0 Å². The molecule has 1 atom stereocenters. The number of nitrogens with zero attached hydrogens (tertiary/aromatic N) is 3. The molecule has 1 unspecified atom stereocenters. The fourth-order valence-electron chi connectivity index (χ4n) is 3.09. The number of aliphatic hydroxyl groups is 1. The first-order chi connectivity index (χ1) is 14.5. The molecule has 0 saturated carbocycles. The number of aromatic nitrogens is 2. The van der Waals surface area contributed by atoms with Gasteiger partial charge < -0.3 is 9.63 Å². The van der Waals surface area contributed by atoms with Crippen LogP contribution in [0.2, 0.25) is 5.02 Å². The minimum atomic E-state index is -1.33. The lowest BCUT2D eigenvalue weighted by molar-refractivity contribution is 0.220. The van der Waals surface area contributed by atoms with Crippen LogP contribution >= 0.6 is 11.6 Å². The van der Waals surface area contributed by atoms with Gasteiger partial charge in [-0.1, -0.05) is 22.8 Å². The molecule has 0 radical (unpaired) electrons. The first-order valence-electron chi connectivity index (χ1n) is 8.72. The van der Waals surface area contributed by atoms with Crippen LogP contribution in [0.5, 0.6) is 0 Å². The van der Waals surface area contributed by atoms with Crippen molar-refractivity contribution in [1.29, 1.82) is 5.26 Å². The zero-order valence-electron chi connectivity index (χ0n) is 15.2. The van der Waals surface area contributed by atoms with Gasteiger partial charge in [-0.25, -0.2) is 8.78 Å². The Morgan fingerprint density at radius 1 is 1.07 bits per heavy atom. The molecule has 0 bridgehead atoms. The highest BCUT2D eigenvalue weighted by atomic mass is 35.5. The van der Waals surface area contributed by atoms with E-state index in [1.807, 2.05) is 6.07 Å². The van der Waals surface area contributed by atoms with Gasteiger partial charge in [0.15, 0.2) is 5.76 Å². The van der Waals surface area contributed by atoms with Crippen molar-refractivity contribution in [3.63, 3.8) is 0 Å². The van der Waals surface area contributed by atoms with Crippen LogP contribution in [-0.4, -0.2) is 15.2 Å². The Morgan fingerprint density at radius 3 is 2.50 bits per heavy atom. The standard InChI is InChI=1S/C22H12ClF2N3O2/c23-14-4-6-15(18(25)9-14)20-19(21(29)13-2-1-7-27-11-13)22(30-28-20)16-5-3-12(10-26)8-17(16)24/h1-9,11,21,29H. The Morgan fingerprint density at radius 2 is 1.83 bits per heavy atom. The van der Waals surface area contributed by atoms with Crippen molar-refractivity contribution >= 4 is 11.6 Å². The van der Waals surface area contributed by atoms with Gasteiger partial charge in [-0.05, 0) is 42.5 Å². The third-order valence-corrected chi connectivity index (χ3v) is 4.77. The van der Waals surface area contributed by atoms with Crippen LogP contribution in [0.3, 0.4) is 0 Å². The molecule has 4 aromatic rings. The van der Waals surface area contributed by atoms with E-state index in [0.29, 0.717) is 5.56 Å². The molecule has 2 aromatic heterocycles. The molecule has 5 nitrogen and oxygen atoms in total. The van der Waals surface area contributed by atoms with Gasteiger partial charge in [0.05, 0.1) is 22.8 Å². The summed E-state index contributed by atoms with van der Waals surface area (Å²) in [5.41, 5.74) is 0.564. The van der Waals surface area contributed by atoms with Crippen LogP contribution in [0.25, 0.3) is 22.6 Å². The molecule has 0 fully saturated rings. The monoisotopic (exact) mass is 423 g/mol. The lowest BCUT2D eigenvalue weighted by Crippen LogP contribution is -2.03. The van der Waals surface area contributed by atoms with E-state index in [4.69, 9.17) is 21.4 Å². The summed E-state index contributed by atoms with van der Waals surface area (Å²) in [4.78, 5) is 3.98. The van der Waals surface area contributed by atoms with Gasteiger partial charge in [-0.3, -0.25) is 4.98 Å². The summed E-state index contributed by atoms with van der Waals surface area (Å²) in [6.07, 6.45) is 1.63. The lowest BCUT2D eigenvalue weighted by Gasteiger charge is -2.13. The molecule has 0 aliphatic heterocycles. The number of benzene rings is 2. The highest BCUT2D eigenvalue weighted by Gasteiger charge is 2.29. The summed E-state index contributed by atoms with van der Waals surface area (Å²) < 4.78 is 34.7. The third-order valence-electron chi connectivity index (χ3n) is 4.53. The fourth-order valence-corrected chi connectivity index (χ4v) is 3.25. The van der Waals surface area contributed by atoms with Gasteiger partial charge in [-0.15, -0.1) is 0 Å².